The highest BCUT2D eigenvalue weighted by Gasteiger charge is 2.14. The Morgan fingerprint density at radius 2 is 1.82 bits per heavy atom. The number of aromatic nitrogens is 1. The van der Waals surface area contributed by atoms with Crippen molar-refractivity contribution in [2.24, 2.45) is 0 Å². The Morgan fingerprint density at radius 3 is 2.56 bits per heavy atom. The Bertz CT molecular complexity index is 1360. The summed E-state index contributed by atoms with van der Waals surface area (Å²) >= 11 is 0. The minimum atomic E-state index is -0.175. The molecule has 0 aliphatic carbocycles. The predicted molar refractivity (Wildman–Crippen MR) is 131 cm³/mol. The molecular formula is C28H25N3O3. The number of benzene rings is 3. The Labute approximate surface area is 198 Å². The second kappa shape index (κ2) is 10.6. The van der Waals surface area contributed by atoms with Crippen LogP contribution in [0.5, 0.6) is 5.75 Å². The molecule has 6 heteroatoms. The highest BCUT2D eigenvalue weighted by molar-refractivity contribution is 5.95. The summed E-state index contributed by atoms with van der Waals surface area (Å²) in [6.45, 7) is 2.28. The molecular weight excluding hydrogens is 426 g/mol. The summed E-state index contributed by atoms with van der Waals surface area (Å²) in [5, 5.41) is 13.5. The molecule has 3 aromatic carbocycles. The highest BCUT2D eigenvalue weighted by Crippen LogP contribution is 2.30. The fourth-order valence-electron chi connectivity index (χ4n) is 3.90. The highest BCUT2D eigenvalue weighted by atomic mass is 16.5. The fourth-order valence-corrected chi connectivity index (χ4v) is 3.90. The maximum Gasteiger partial charge on any atom is 0.221 e. The summed E-state index contributed by atoms with van der Waals surface area (Å²) in [4.78, 5) is 16.3. The van der Waals surface area contributed by atoms with E-state index in [1.807, 2.05) is 66.7 Å². The maximum atomic E-state index is 11.8. The first kappa shape index (κ1) is 23.0. The third kappa shape index (κ3) is 5.40. The van der Waals surface area contributed by atoms with Crippen LogP contribution in [0.25, 0.3) is 10.9 Å². The van der Waals surface area contributed by atoms with Crippen LogP contribution in [-0.4, -0.2) is 18.0 Å². The Morgan fingerprint density at radius 1 is 1.03 bits per heavy atom. The zero-order valence-corrected chi connectivity index (χ0v) is 19.2. The zero-order valence-electron chi connectivity index (χ0n) is 19.2. The molecule has 1 heterocycles. The number of methoxy groups -OCH3 is 1. The number of fused-ring (bicyclic) bond motifs is 1. The maximum absolute atomic E-state index is 11.8. The van der Waals surface area contributed by atoms with Gasteiger partial charge < -0.3 is 14.8 Å². The predicted octanol–water partition coefficient (Wildman–Crippen LogP) is 5.38. The molecule has 0 unspecified atom stereocenters. The second-order valence-corrected chi connectivity index (χ2v) is 8.00. The summed E-state index contributed by atoms with van der Waals surface area (Å²) in [5.74, 6) is 0.588. The van der Waals surface area contributed by atoms with Crippen LogP contribution >= 0.6 is 0 Å². The molecule has 1 amide bonds. The Kier molecular flexibility index (Phi) is 7.16. The molecule has 0 bridgehead atoms. The van der Waals surface area contributed by atoms with E-state index in [0.29, 0.717) is 30.9 Å². The molecule has 0 saturated heterocycles. The second-order valence-electron chi connectivity index (χ2n) is 8.00. The molecule has 0 spiro atoms. The van der Waals surface area contributed by atoms with Crippen molar-refractivity contribution in [1.29, 1.82) is 5.26 Å². The largest absolute Gasteiger partial charge is 0.489 e. The molecule has 34 heavy (non-hydrogen) atoms. The van der Waals surface area contributed by atoms with Gasteiger partial charge in [0.15, 0.2) is 0 Å². The lowest BCUT2D eigenvalue weighted by atomic mass is 9.95. The molecule has 6 nitrogen and oxygen atoms in total. The lowest BCUT2D eigenvalue weighted by Gasteiger charge is -2.15. The first-order chi connectivity index (χ1) is 16.6. The summed E-state index contributed by atoms with van der Waals surface area (Å²) in [6.07, 6.45) is 2.12. The van der Waals surface area contributed by atoms with Gasteiger partial charge in [-0.15, -0.1) is 0 Å². The molecule has 4 aromatic rings. The molecule has 0 aliphatic heterocycles. The SMILES string of the molecule is COCc1cc2ncc(C#N)c(Cc3cccc(OCc4ccccc4)c3)c2cc1NC(C)=O. The third-order valence-corrected chi connectivity index (χ3v) is 5.46. The van der Waals surface area contributed by atoms with E-state index in [1.54, 1.807) is 13.3 Å². The third-order valence-electron chi connectivity index (χ3n) is 5.46. The van der Waals surface area contributed by atoms with Gasteiger partial charge in [-0.3, -0.25) is 9.78 Å². The van der Waals surface area contributed by atoms with Crippen LogP contribution in [0.2, 0.25) is 0 Å². The number of hydrogen-bond acceptors (Lipinski definition) is 5. The van der Waals surface area contributed by atoms with Crippen LogP contribution in [0, 0.1) is 11.3 Å². The van der Waals surface area contributed by atoms with Crippen LogP contribution < -0.4 is 10.1 Å². The summed E-state index contributed by atoms with van der Waals surface area (Å²) in [6, 6.07) is 23.9. The van der Waals surface area contributed by atoms with Gasteiger partial charge in [0.1, 0.15) is 18.4 Å². The van der Waals surface area contributed by atoms with Gasteiger partial charge in [-0.05, 0) is 47.4 Å². The first-order valence-corrected chi connectivity index (χ1v) is 10.9. The lowest BCUT2D eigenvalue weighted by molar-refractivity contribution is -0.114. The fraction of sp³-hybridized carbons (Fsp3) is 0.179. The van der Waals surface area contributed by atoms with E-state index >= 15 is 0 Å². The monoisotopic (exact) mass is 451 g/mol. The van der Waals surface area contributed by atoms with Gasteiger partial charge >= 0.3 is 0 Å². The van der Waals surface area contributed by atoms with Gasteiger partial charge in [0.25, 0.3) is 0 Å². The van der Waals surface area contributed by atoms with Gasteiger partial charge in [-0.25, -0.2) is 0 Å². The van der Waals surface area contributed by atoms with Crippen LogP contribution in [-0.2, 0) is 29.2 Å². The topological polar surface area (TPSA) is 84.2 Å². The van der Waals surface area contributed by atoms with Crippen molar-refractivity contribution < 1.29 is 14.3 Å². The number of nitrogens with one attached hydrogen (secondary N) is 1. The molecule has 1 N–H and O–H groups in total. The molecule has 0 radical (unpaired) electrons. The van der Waals surface area contributed by atoms with Crippen molar-refractivity contribution in [3.8, 4) is 11.8 Å². The lowest BCUT2D eigenvalue weighted by Crippen LogP contribution is -2.09. The average Bonchev–Trinajstić information content (AvgIpc) is 2.84. The number of nitriles is 1. The van der Waals surface area contributed by atoms with Crippen molar-refractivity contribution in [2.45, 2.75) is 26.6 Å². The number of hydrogen-bond donors (Lipinski definition) is 1. The van der Waals surface area contributed by atoms with E-state index in [4.69, 9.17) is 9.47 Å². The molecule has 1 aromatic heterocycles. The number of carbonyl (C=O) groups is 1. The number of ether oxygens (including phenoxy) is 2. The number of pyridine rings is 1. The molecule has 0 aliphatic rings. The van der Waals surface area contributed by atoms with Gasteiger partial charge in [0, 0.05) is 36.9 Å². The molecule has 0 atom stereocenters. The van der Waals surface area contributed by atoms with Gasteiger partial charge in [0.2, 0.25) is 5.91 Å². The van der Waals surface area contributed by atoms with E-state index < -0.39 is 0 Å². The number of nitrogens with zero attached hydrogens (tertiary/aromatic N) is 2. The average molecular weight is 452 g/mol. The summed E-state index contributed by atoms with van der Waals surface area (Å²) in [7, 11) is 1.60. The number of amides is 1. The van der Waals surface area contributed by atoms with Crippen LogP contribution in [0.3, 0.4) is 0 Å². The van der Waals surface area contributed by atoms with Crippen molar-refractivity contribution in [3.63, 3.8) is 0 Å². The molecule has 4 rings (SSSR count). The molecule has 170 valence electrons. The van der Waals surface area contributed by atoms with Gasteiger partial charge in [-0.2, -0.15) is 5.26 Å². The number of rotatable bonds is 8. The van der Waals surface area contributed by atoms with Crippen LogP contribution in [0.15, 0.2) is 72.9 Å². The van der Waals surface area contributed by atoms with Crippen molar-refractivity contribution in [3.05, 3.63) is 101 Å². The number of carbonyl (C=O) groups excluding carboxylic acids is 1. The standard InChI is InChI=1S/C28H25N3O3/c1-19(32)31-27-14-26-25(23(15-29)16-30-28(26)13-22(27)18-33-2)12-21-9-6-10-24(11-21)34-17-20-7-4-3-5-8-20/h3-11,13-14,16H,12,17-18H2,1-2H3,(H,31,32). The number of anilines is 1. The van der Waals surface area contributed by atoms with Gasteiger partial charge in [-0.1, -0.05) is 42.5 Å². The van der Waals surface area contributed by atoms with Gasteiger partial charge in [0.05, 0.1) is 17.7 Å². The van der Waals surface area contributed by atoms with E-state index in [0.717, 1.165) is 38.9 Å². The smallest absolute Gasteiger partial charge is 0.221 e. The van der Waals surface area contributed by atoms with Crippen molar-refractivity contribution in [1.82, 2.24) is 4.98 Å². The van der Waals surface area contributed by atoms with E-state index in [-0.39, 0.29) is 5.91 Å². The first-order valence-electron chi connectivity index (χ1n) is 10.9. The minimum Gasteiger partial charge on any atom is -0.489 e. The van der Waals surface area contributed by atoms with Crippen molar-refractivity contribution >= 4 is 22.5 Å². The van der Waals surface area contributed by atoms with Crippen LogP contribution in [0.4, 0.5) is 5.69 Å². The Hall–Kier alpha value is -4.21. The Balaban J connectivity index is 1.69. The minimum absolute atomic E-state index is 0.175. The molecule has 0 saturated carbocycles. The zero-order chi connectivity index (χ0) is 23.9. The normalized spacial score (nSPS) is 10.6. The van der Waals surface area contributed by atoms with E-state index in [2.05, 4.69) is 16.4 Å². The van der Waals surface area contributed by atoms with E-state index in [9.17, 15) is 10.1 Å². The van der Waals surface area contributed by atoms with E-state index in [1.165, 1.54) is 6.92 Å². The quantitative estimate of drug-likeness (QED) is 0.389. The summed E-state index contributed by atoms with van der Waals surface area (Å²) < 4.78 is 11.3. The summed E-state index contributed by atoms with van der Waals surface area (Å²) in [5.41, 5.74) is 5.67. The molecule has 0 fully saturated rings. The van der Waals surface area contributed by atoms with Crippen molar-refractivity contribution in [2.75, 3.05) is 12.4 Å². The van der Waals surface area contributed by atoms with Crippen LogP contribution in [0.1, 0.15) is 34.7 Å².